The van der Waals surface area contributed by atoms with E-state index in [1.807, 2.05) is 13.8 Å². The van der Waals surface area contributed by atoms with Crippen molar-refractivity contribution in [3.8, 4) is 0 Å². The van der Waals surface area contributed by atoms with Crippen molar-refractivity contribution in [3.05, 3.63) is 11.6 Å². The SMILES string of the molecule is CC(C(=O)NCCC1=CCCCC1)N1CCN(C(C)C(=O)NC2CC2)CC1. The molecule has 2 aliphatic carbocycles. The number of hydrogen-bond acceptors (Lipinski definition) is 4. The summed E-state index contributed by atoms with van der Waals surface area (Å²) in [5.41, 5.74) is 1.50. The minimum Gasteiger partial charge on any atom is -0.354 e. The van der Waals surface area contributed by atoms with Gasteiger partial charge in [0.15, 0.2) is 0 Å². The van der Waals surface area contributed by atoms with Gasteiger partial charge in [0.05, 0.1) is 12.1 Å². The van der Waals surface area contributed by atoms with Gasteiger partial charge in [-0.2, -0.15) is 0 Å². The number of piperazine rings is 1. The fraction of sp³-hybridized carbons (Fsp3) is 0.810. The summed E-state index contributed by atoms with van der Waals surface area (Å²) in [6.45, 7) is 8.07. The molecule has 27 heavy (non-hydrogen) atoms. The highest BCUT2D eigenvalue weighted by Gasteiger charge is 2.31. The van der Waals surface area contributed by atoms with Gasteiger partial charge in [-0.3, -0.25) is 19.4 Å². The molecule has 0 aromatic rings. The Balaban J connectivity index is 1.35. The summed E-state index contributed by atoms with van der Waals surface area (Å²) >= 11 is 0. The highest BCUT2D eigenvalue weighted by atomic mass is 16.2. The molecule has 0 aromatic heterocycles. The normalized spacial score (nSPS) is 24.0. The molecule has 2 fully saturated rings. The zero-order valence-electron chi connectivity index (χ0n) is 17.0. The van der Waals surface area contributed by atoms with Crippen molar-refractivity contribution < 1.29 is 9.59 Å². The van der Waals surface area contributed by atoms with Gasteiger partial charge in [0.25, 0.3) is 0 Å². The maximum atomic E-state index is 12.5. The van der Waals surface area contributed by atoms with Crippen LogP contribution in [0.1, 0.15) is 58.8 Å². The second kappa shape index (κ2) is 9.69. The minimum absolute atomic E-state index is 0.0827. The molecule has 0 bridgehead atoms. The molecule has 1 aliphatic heterocycles. The Morgan fingerprint density at radius 3 is 2.22 bits per heavy atom. The van der Waals surface area contributed by atoms with Gasteiger partial charge in [-0.25, -0.2) is 0 Å². The quantitative estimate of drug-likeness (QED) is 0.633. The molecule has 1 saturated carbocycles. The highest BCUT2D eigenvalue weighted by molar-refractivity contribution is 5.82. The summed E-state index contributed by atoms with van der Waals surface area (Å²) in [6, 6.07) is 0.220. The van der Waals surface area contributed by atoms with Gasteiger partial charge in [0, 0.05) is 38.8 Å². The van der Waals surface area contributed by atoms with Crippen LogP contribution < -0.4 is 10.6 Å². The molecule has 6 nitrogen and oxygen atoms in total. The maximum absolute atomic E-state index is 12.5. The van der Waals surface area contributed by atoms with Crippen LogP contribution in [0.15, 0.2) is 11.6 Å². The van der Waals surface area contributed by atoms with Crippen molar-refractivity contribution in [2.75, 3.05) is 32.7 Å². The van der Waals surface area contributed by atoms with E-state index in [0.29, 0.717) is 6.04 Å². The summed E-state index contributed by atoms with van der Waals surface area (Å²) in [7, 11) is 0. The van der Waals surface area contributed by atoms with Gasteiger partial charge in [0.2, 0.25) is 11.8 Å². The topological polar surface area (TPSA) is 64.7 Å². The van der Waals surface area contributed by atoms with E-state index in [1.165, 1.54) is 31.3 Å². The van der Waals surface area contributed by atoms with Crippen LogP contribution in [0.25, 0.3) is 0 Å². The van der Waals surface area contributed by atoms with Crippen LogP contribution in [0.4, 0.5) is 0 Å². The number of nitrogens with one attached hydrogen (secondary N) is 2. The summed E-state index contributed by atoms with van der Waals surface area (Å²) in [5, 5.41) is 6.20. The predicted octanol–water partition coefficient (Wildman–Crippen LogP) is 1.67. The third-order valence-electron chi connectivity index (χ3n) is 6.26. The first-order valence-corrected chi connectivity index (χ1v) is 10.8. The van der Waals surface area contributed by atoms with E-state index in [4.69, 9.17) is 0 Å². The first kappa shape index (κ1) is 20.3. The molecule has 3 rings (SSSR count). The van der Waals surface area contributed by atoms with Crippen LogP contribution >= 0.6 is 0 Å². The Kier molecular flexibility index (Phi) is 7.30. The van der Waals surface area contributed by atoms with Crippen molar-refractivity contribution in [2.45, 2.75) is 76.9 Å². The molecule has 2 N–H and O–H groups in total. The van der Waals surface area contributed by atoms with E-state index >= 15 is 0 Å². The van der Waals surface area contributed by atoms with Gasteiger partial charge in [0.1, 0.15) is 0 Å². The molecule has 152 valence electrons. The van der Waals surface area contributed by atoms with E-state index in [-0.39, 0.29) is 23.9 Å². The van der Waals surface area contributed by atoms with Crippen molar-refractivity contribution >= 4 is 11.8 Å². The summed E-state index contributed by atoms with van der Waals surface area (Å²) in [6.07, 6.45) is 10.6. The molecule has 2 atom stereocenters. The van der Waals surface area contributed by atoms with Crippen LogP contribution in [-0.2, 0) is 9.59 Å². The van der Waals surface area contributed by atoms with E-state index in [9.17, 15) is 9.59 Å². The van der Waals surface area contributed by atoms with Crippen LogP contribution in [-0.4, -0.2) is 72.5 Å². The molecule has 1 heterocycles. The van der Waals surface area contributed by atoms with Gasteiger partial charge in [-0.1, -0.05) is 11.6 Å². The molecule has 0 spiro atoms. The number of rotatable bonds is 8. The Bertz CT molecular complexity index is 550. The number of amides is 2. The molecule has 1 saturated heterocycles. The average Bonchev–Trinajstić information content (AvgIpc) is 3.51. The lowest BCUT2D eigenvalue weighted by Gasteiger charge is -2.39. The first-order valence-electron chi connectivity index (χ1n) is 10.8. The second-order valence-corrected chi connectivity index (χ2v) is 8.36. The number of hydrogen-bond donors (Lipinski definition) is 2. The molecule has 3 aliphatic rings. The Hall–Kier alpha value is -1.40. The fourth-order valence-electron chi connectivity index (χ4n) is 4.02. The Morgan fingerprint density at radius 1 is 1.04 bits per heavy atom. The molecule has 2 unspecified atom stereocenters. The molecular weight excluding hydrogens is 340 g/mol. The monoisotopic (exact) mass is 376 g/mol. The van der Waals surface area contributed by atoms with Gasteiger partial charge in [-0.15, -0.1) is 0 Å². The van der Waals surface area contributed by atoms with E-state index in [0.717, 1.165) is 52.0 Å². The van der Waals surface area contributed by atoms with E-state index in [1.54, 1.807) is 0 Å². The zero-order valence-corrected chi connectivity index (χ0v) is 17.0. The van der Waals surface area contributed by atoms with Crippen molar-refractivity contribution in [1.82, 2.24) is 20.4 Å². The van der Waals surface area contributed by atoms with Crippen molar-refractivity contribution in [3.63, 3.8) is 0 Å². The van der Waals surface area contributed by atoms with Crippen molar-refractivity contribution in [1.29, 1.82) is 0 Å². The minimum atomic E-state index is -0.108. The summed E-state index contributed by atoms with van der Waals surface area (Å²) in [4.78, 5) is 29.2. The molecular formula is C21H36N4O2. The third kappa shape index (κ3) is 6.04. The lowest BCUT2D eigenvalue weighted by atomic mass is 9.97. The van der Waals surface area contributed by atoms with E-state index < -0.39 is 0 Å². The standard InChI is InChI=1S/C21H36N4O2/c1-16(20(26)22-11-10-18-6-4-3-5-7-18)24-12-14-25(15-13-24)17(2)21(27)23-19-8-9-19/h6,16-17,19H,3-5,7-15H2,1-2H3,(H,22,26)(H,23,27). The van der Waals surface area contributed by atoms with Gasteiger partial charge < -0.3 is 10.6 Å². The smallest absolute Gasteiger partial charge is 0.237 e. The summed E-state index contributed by atoms with van der Waals surface area (Å²) in [5.74, 6) is 0.271. The Labute approximate surface area is 163 Å². The molecule has 0 radical (unpaired) electrons. The molecule has 6 heteroatoms. The highest BCUT2D eigenvalue weighted by Crippen LogP contribution is 2.20. The number of allylic oxidation sites excluding steroid dienone is 1. The molecule has 2 amide bonds. The van der Waals surface area contributed by atoms with Crippen LogP contribution in [0.5, 0.6) is 0 Å². The lowest BCUT2D eigenvalue weighted by Crippen LogP contribution is -2.57. The number of nitrogens with zero attached hydrogens (tertiary/aromatic N) is 2. The largest absolute Gasteiger partial charge is 0.354 e. The first-order chi connectivity index (χ1) is 13.0. The van der Waals surface area contributed by atoms with Crippen molar-refractivity contribution in [2.24, 2.45) is 0 Å². The predicted molar refractivity (Wildman–Crippen MR) is 107 cm³/mol. The summed E-state index contributed by atoms with van der Waals surface area (Å²) < 4.78 is 0. The second-order valence-electron chi connectivity index (χ2n) is 8.36. The zero-order chi connectivity index (χ0) is 19.2. The van der Waals surface area contributed by atoms with Crippen LogP contribution in [0.2, 0.25) is 0 Å². The van der Waals surface area contributed by atoms with Crippen LogP contribution in [0, 0.1) is 0 Å². The van der Waals surface area contributed by atoms with E-state index in [2.05, 4.69) is 26.5 Å². The fourth-order valence-corrected chi connectivity index (χ4v) is 4.02. The Morgan fingerprint density at radius 2 is 1.67 bits per heavy atom. The van der Waals surface area contributed by atoms with Crippen LogP contribution in [0.3, 0.4) is 0 Å². The maximum Gasteiger partial charge on any atom is 0.237 e. The third-order valence-corrected chi connectivity index (χ3v) is 6.26. The number of carbonyl (C=O) groups excluding carboxylic acids is 2. The van der Waals surface area contributed by atoms with Gasteiger partial charge >= 0.3 is 0 Å². The number of carbonyl (C=O) groups is 2. The lowest BCUT2D eigenvalue weighted by molar-refractivity contribution is -0.129. The van der Waals surface area contributed by atoms with Gasteiger partial charge in [-0.05, 0) is 58.8 Å². The molecule has 0 aromatic carbocycles. The average molecular weight is 377 g/mol.